The summed E-state index contributed by atoms with van der Waals surface area (Å²) in [5, 5.41) is 16.0. The number of nitro groups is 1. The van der Waals surface area contributed by atoms with E-state index in [9.17, 15) is 10.1 Å². The predicted molar refractivity (Wildman–Crippen MR) is 79.7 cm³/mol. The quantitative estimate of drug-likeness (QED) is 0.453. The van der Waals surface area contributed by atoms with Gasteiger partial charge in [0.05, 0.1) is 4.92 Å². The molecule has 1 aromatic rings. The Morgan fingerprint density at radius 1 is 1.37 bits per heavy atom. The van der Waals surface area contributed by atoms with Crippen LogP contribution < -0.4 is 5.32 Å². The van der Waals surface area contributed by atoms with E-state index >= 15 is 0 Å². The van der Waals surface area contributed by atoms with Gasteiger partial charge < -0.3 is 5.32 Å². The summed E-state index contributed by atoms with van der Waals surface area (Å²) < 4.78 is 0. The third-order valence-corrected chi connectivity index (χ3v) is 3.95. The predicted octanol–water partition coefficient (Wildman–Crippen LogP) is 2.86. The fourth-order valence-electron chi connectivity index (χ4n) is 2.10. The van der Waals surface area contributed by atoms with Gasteiger partial charge >= 0.3 is 5.00 Å². The first-order valence-electron chi connectivity index (χ1n) is 6.60. The van der Waals surface area contributed by atoms with Crippen LogP contribution in [0.3, 0.4) is 0 Å². The summed E-state index contributed by atoms with van der Waals surface area (Å²) >= 11 is 1.18. The highest BCUT2D eigenvalue weighted by atomic mass is 32.1. The van der Waals surface area contributed by atoms with Crippen molar-refractivity contribution in [3.05, 3.63) is 27.1 Å². The van der Waals surface area contributed by atoms with Crippen LogP contribution in [0.4, 0.5) is 5.00 Å². The molecular weight excluding hydrogens is 262 g/mol. The third-order valence-electron chi connectivity index (χ3n) is 3.02. The first-order chi connectivity index (χ1) is 8.91. The van der Waals surface area contributed by atoms with E-state index in [0.717, 1.165) is 18.7 Å². The van der Waals surface area contributed by atoms with Crippen molar-refractivity contribution in [2.45, 2.75) is 46.3 Å². The van der Waals surface area contributed by atoms with E-state index in [1.54, 1.807) is 6.07 Å². The molecular formula is C13H23N3O2S. The van der Waals surface area contributed by atoms with Gasteiger partial charge in [-0.1, -0.05) is 11.3 Å². The van der Waals surface area contributed by atoms with Gasteiger partial charge in [0, 0.05) is 43.2 Å². The molecule has 1 N–H and O–H groups in total. The number of thiophene rings is 1. The Kier molecular flexibility index (Phi) is 6.41. The molecule has 19 heavy (non-hydrogen) atoms. The summed E-state index contributed by atoms with van der Waals surface area (Å²) in [7, 11) is 0. The van der Waals surface area contributed by atoms with Gasteiger partial charge in [0.25, 0.3) is 0 Å². The molecule has 0 radical (unpaired) electrons. The molecule has 0 aliphatic rings. The van der Waals surface area contributed by atoms with Gasteiger partial charge in [-0.05, 0) is 33.3 Å². The van der Waals surface area contributed by atoms with Crippen LogP contribution in [-0.2, 0) is 6.54 Å². The van der Waals surface area contributed by atoms with E-state index in [1.165, 1.54) is 11.3 Å². The maximum atomic E-state index is 10.6. The van der Waals surface area contributed by atoms with Crippen LogP contribution in [-0.4, -0.2) is 35.0 Å². The molecule has 1 heterocycles. The largest absolute Gasteiger partial charge is 0.324 e. The summed E-state index contributed by atoms with van der Waals surface area (Å²) in [6, 6.07) is 2.70. The number of nitrogens with one attached hydrogen (secondary N) is 1. The van der Waals surface area contributed by atoms with Gasteiger partial charge in [-0.3, -0.25) is 15.0 Å². The molecule has 0 spiro atoms. The molecule has 0 aliphatic heterocycles. The van der Waals surface area contributed by atoms with E-state index < -0.39 is 0 Å². The Hall–Kier alpha value is -0.980. The first-order valence-corrected chi connectivity index (χ1v) is 7.48. The maximum Gasteiger partial charge on any atom is 0.324 e. The van der Waals surface area contributed by atoms with E-state index in [1.807, 2.05) is 5.38 Å². The molecule has 5 nitrogen and oxygen atoms in total. The van der Waals surface area contributed by atoms with Gasteiger partial charge in [0.2, 0.25) is 0 Å². The molecule has 0 unspecified atom stereocenters. The Balaban J connectivity index is 2.31. The van der Waals surface area contributed by atoms with Crippen LogP contribution in [0.1, 0.15) is 33.3 Å². The number of nitrogens with zero attached hydrogens (tertiary/aromatic N) is 2. The van der Waals surface area contributed by atoms with Crippen LogP contribution >= 0.6 is 11.3 Å². The third kappa shape index (κ3) is 5.26. The molecule has 0 aliphatic carbocycles. The average Bonchev–Trinajstić information content (AvgIpc) is 2.76. The standard InChI is InChI=1S/C13H23N3O2S/c1-10(2)15(11(3)4)6-5-14-8-12-7-13(16(17)18)19-9-12/h7,9-11,14H,5-6,8H2,1-4H3. The van der Waals surface area contributed by atoms with Gasteiger partial charge in [0.1, 0.15) is 0 Å². The maximum absolute atomic E-state index is 10.6. The van der Waals surface area contributed by atoms with E-state index in [2.05, 4.69) is 37.9 Å². The summed E-state index contributed by atoms with van der Waals surface area (Å²) in [6.45, 7) is 11.4. The van der Waals surface area contributed by atoms with Gasteiger partial charge in [-0.2, -0.15) is 0 Å². The summed E-state index contributed by atoms with van der Waals surface area (Å²) in [5.41, 5.74) is 0.984. The number of hydrogen-bond donors (Lipinski definition) is 1. The minimum Gasteiger partial charge on any atom is -0.311 e. The zero-order valence-electron chi connectivity index (χ0n) is 12.0. The lowest BCUT2D eigenvalue weighted by molar-refractivity contribution is -0.380. The monoisotopic (exact) mass is 285 g/mol. The van der Waals surface area contributed by atoms with E-state index in [4.69, 9.17) is 0 Å². The molecule has 0 aromatic carbocycles. The smallest absolute Gasteiger partial charge is 0.311 e. The molecule has 6 heteroatoms. The fourth-order valence-corrected chi connectivity index (χ4v) is 2.83. The van der Waals surface area contributed by atoms with Crippen LogP contribution in [0.15, 0.2) is 11.4 Å². The minimum absolute atomic E-state index is 0.211. The number of rotatable bonds is 8. The Labute approximate surface area is 118 Å². The summed E-state index contributed by atoms with van der Waals surface area (Å²) in [5.74, 6) is 0. The normalized spacial score (nSPS) is 11.7. The second-order valence-electron chi connectivity index (χ2n) is 5.15. The average molecular weight is 285 g/mol. The topological polar surface area (TPSA) is 58.4 Å². The number of hydrogen-bond acceptors (Lipinski definition) is 5. The highest BCUT2D eigenvalue weighted by Crippen LogP contribution is 2.22. The summed E-state index contributed by atoms with van der Waals surface area (Å²) in [6.07, 6.45) is 0. The van der Waals surface area contributed by atoms with Crippen molar-refractivity contribution in [3.63, 3.8) is 0 Å². The molecule has 0 atom stereocenters. The molecule has 1 aromatic heterocycles. The zero-order chi connectivity index (χ0) is 14.4. The minimum atomic E-state index is -0.340. The highest BCUT2D eigenvalue weighted by Gasteiger charge is 2.12. The van der Waals surface area contributed by atoms with Crippen molar-refractivity contribution in [2.24, 2.45) is 0 Å². The summed E-state index contributed by atoms with van der Waals surface area (Å²) in [4.78, 5) is 12.7. The molecule has 0 saturated heterocycles. The van der Waals surface area contributed by atoms with Crippen LogP contribution in [0.2, 0.25) is 0 Å². The lowest BCUT2D eigenvalue weighted by atomic mass is 10.2. The van der Waals surface area contributed by atoms with Crippen molar-refractivity contribution in [1.29, 1.82) is 0 Å². The Bertz CT molecular complexity index is 396. The van der Waals surface area contributed by atoms with Crippen LogP contribution in [0, 0.1) is 10.1 Å². The fraction of sp³-hybridized carbons (Fsp3) is 0.692. The van der Waals surface area contributed by atoms with Gasteiger partial charge in [0.15, 0.2) is 0 Å². The van der Waals surface area contributed by atoms with Crippen molar-refractivity contribution in [1.82, 2.24) is 10.2 Å². The second-order valence-corrected chi connectivity index (χ2v) is 6.04. The molecule has 0 amide bonds. The second kappa shape index (κ2) is 7.57. The molecule has 0 bridgehead atoms. The Morgan fingerprint density at radius 2 is 2.00 bits per heavy atom. The van der Waals surface area contributed by atoms with E-state index in [-0.39, 0.29) is 9.92 Å². The van der Waals surface area contributed by atoms with Crippen molar-refractivity contribution in [3.8, 4) is 0 Å². The molecule has 0 saturated carbocycles. The van der Waals surface area contributed by atoms with Crippen LogP contribution in [0.25, 0.3) is 0 Å². The van der Waals surface area contributed by atoms with Crippen molar-refractivity contribution < 1.29 is 4.92 Å². The van der Waals surface area contributed by atoms with Crippen molar-refractivity contribution >= 4 is 16.3 Å². The van der Waals surface area contributed by atoms with Crippen molar-refractivity contribution in [2.75, 3.05) is 13.1 Å². The lowest BCUT2D eigenvalue weighted by Gasteiger charge is -2.30. The lowest BCUT2D eigenvalue weighted by Crippen LogP contribution is -2.41. The molecule has 1 rings (SSSR count). The van der Waals surface area contributed by atoms with Gasteiger partial charge in [-0.15, -0.1) is 0 Å². The molecule has 0 fully saturated rings. The van der Waals surface area contributed by atoms with Gasteiger partial charge in [-0.25, -0.2) is 0 Å². The highest BCUT2D eigenvalue weighted by molar-refractivity contribution is 7.13. The van der Waals surface area contributed by atoms with Crippen LogP contribution in [0.5, 0.6) is 0 Å². The Morgan fingerprint density at radius 3 is 2.47 bits per heavy atom. The zero-order valence-corrected chi connectivity index (χ0v) is 12.9. The van der Waals surface area contributed by atoms with E-state index in [0.29, 0.717) is 18.6 Å². The molecule has 108 valence electrons. The first kappa shape index (κ1) is 16.1. The SMILES string of the molecule is CC(C)N(CCNCc1csc([N+](=O)[O-])c1)C(C)C.